The van der Waals surface area contributed by atoms with Gasteiger partial charge < -0.3 is 9.84 Å². The number of aliphatic hydroxyl groups is 1. The van der Waals surface area contributed by atoms with E-state index < -0.39 is 16.1 Å². The number of piperazine rings is 1. The molecule has 28 heavy (non-hydrogen) atoms. The summed E-state index contributed by atoms with van der Waals surface area (Å²) in [4.78, 5) is 4.70. The van der Waals surface area contributed by atoms with Crippen LogP contribution in [-0.4, -0.2) is 98.3 Å². The lowest BCUT2D eigenvalue weighted by atomic mass is 10.2. The van der Waals surface area contributed by atoms with Gasteiger partial charge in [-0.3, -0.25) is 9.80 Å². The predicted molar refractivity (Wildman–Crippen MR) is 112 cm³/mol. The first-order valence-electron chi connectivity index (χ1n) is 9.78. The largest absolute Gasteiger partial charge is 0.390 e. The van der Waals surface area contributed by atoms with Gasteiger partial charge >= 0.3 is 0 Å². The minimum Gasteiger partial charge on any atom is -0.390 e. The molecule has 1 aromatic rings. The summed E-state index contributed by atoms with van der Waals surface area (Å²) in [5.41, 5.74) is 0. The van der Waals surface area contributed by atoms with Crippen LogP contribution in [0, 0.1) is 0 Å². The lowest BCUT2D eigenvalue weighted by Crippen LogP contribution is -2.53. The molecular weight excluding hydrogens is 446 g/mol. The summed E-state index contributed by atoms with van der Waals surface area (Å²) in [5, 5.41) is 10.5. The van der Waals surface area contributed by atoms with E-state index in [0.29, 0.717) is 44.2 Å². The number of aliphatic hydroxyl groups excluding tert-OH is 1. The molecule has 2 aliphatic heterocycles. The van der Waals surface area contributed by atoms with Crippen LogP contribution in [0.4, 0.5) is 0 Å². The second-order valence-corrected chi connectivity index (χ2v) is 10.6. The minimum absolute atomic E-state index is 0.183. The lowest BCUT2D eigenvalue weighted by molar-refractivity contribution is -0.0782. The van der Waals surface area contributed by atoms with Crippen molar-refractivity contribution in [2.75, 3.05) is 52.4 Å². The summed E-state index contributed by atoms with van der Waals surface area (Å²) in [7, 11) is -3.48. The van der Waals surface area contributed by atoms with Crippen LogP contribution in [-0.2, 0) is 14.8 Å². The fourth-order valence-electron chi connectivity index (χ4n) is 4.02. The molecule has 1 aromatic carbocycles. The summed E-state index contributed by atoms with van der Waals surface area (Å²) in [5.74, 6) is 0. The lowest BCUT2D eigenvalue weighted by Gasteiger charge is -2.38. The Hall–Kier alpha value is -0.550. The van der Waals surface area contributed by atoms with Gasteiger partial charge in [0.25, 0.3) is 0 Å². The van der Waals surface area contributed by atoms with E-state index in [9.17, 15) is 13.5 Å². The Morgan fingerprint density at radius 3 is 2.32 bits per heavy atom. The third-order valence-electron chi connectivity index (χ3n) is 5.20. The normalized spacial score (nSPS) is 27.0. The van der Waals surface area contributed by atoms with E-state index in [0.717, 1.165) is 17.6 Å². The first-order chi connectivity index (χ1) is 13.2. The van der Waals surface area contributed by atoms with Crippen LogP contribution in [0.5, 0.6) is 0 Å². The number of hydrogen-bond acceptors (Lipinski definition) is 6. The van der Waals surface area contributed by atoms with E-state index in [1.54, 1.807) is 18.2 Å². The highest BCUT2D eigenvalue weighted by molar-refractivity contribution is 9.10. The molecule has 0 amide bonds. The van der Waals surface area contributed by atoms with E-state index in [1.165, 1.54) is 4.31 Å². The monoisotopic (exact) mass is 475 g/mol. The number of hydrogen-bond donors (Lipinski definition) is 1. The van der Waals surface area contributed by atoms with Gasteiger partial charge in [-0.2, -0.15) is 4.31 Å². The van der Waals surface area contributed by atoms with Crippen LogP contribution in [0.3, 0.4) is 0 Å². The van der Waals surface area contributed by atoms with Crippen molar-refractivity contribution in [3.8, 4) is 0 Å². The standard InChI is InChI=1S/C19H30BrN3O4S/c1-15-11-22(12-16(2)27-15)14-18(24)13-21-6-8-23(9-7-21)28(25,26)19-5-3-4-17(20)10-19/h3-5,10,15-16,18,24H,6-9,11-14H2,1-2H3. The first-order valence-corrected chi connectivity index (χ1v) is 12.0. The first kappa shape index (κ1) is 22.1. The molecule has 7 nitrogen and oxygen atoms in total. The van der Waals surface area contributed by atoms with Gasteiger partial charge in [0.1, 0.15) is 0 Å². The highest BCUT2D eigenvalue weighted by atomic mass is 79.9. The molecule has 0 spiro atoms. The third kappa shape index (κ3) is 5.75. The van der Waals surface area contributed by atoms with Crippen LogP contribution in [0.1, 0.15) is 13.8 Å². The van der Waals surface area contributed by atoms with Gasteiger partial charge in [-0.15, -0.1) is 0 Å². The molecule has 3 atom stereocenters. The molecule has 0 bridgehead atoms. The average molecular weight is 476 g/mol. The van der Waals surface area contributed by atoms with Crippen molar-refractivity contribution in [3.05, 3.63) is 28.7 Å². The Bertz CT molecular complexity index is 745. The molecule has 158 valence electrons. The van der Waals surface area contributed by atoms with Crippen molar-refractivity contribution in [1.29, 1.82) is 0 Å². The molecule has 0 aromatic heterocycles. The maximum Gasteiger partial charge on any atom is 0.243 e. The summed E-state index contributed by atoms with van der Waals surface area (Å²) < 4.78 is 33.6. The van der Waals surface area contributed by atoms with Gasteiger partial charge in [0, 0.05) is 56.8 Å². The van der Waals surface area contributed by atoms with Crippen LogP contribution in [0.15, 0.2) is 33.6 Å². The average Bonchev–Trinajstić information content (AvgIpc) is 2.61. The van der Waals surface area contributed by atoms with Crippen molar-refractivity contribution >= 4 is 26.0 Å². The number of halogens is 1. The molecule has 0 radical (unpaired) electrons. The maximum absolute atomic E-state index is 12.8. The number of sulfonamides is 1. The number of nitrogens with zero attached hydrogens (tertiary/aromatic N) is 3. The zero-order chi connectivity index (χ0) is 20.3. The summed E-state index contributed by atoms with van der Waals surface area (Å²) >= 11 is 3.33. The fraction of sp³-hybridized carbons (Fsp3) is 0.684. The van der Waals surface area contributed by atoms with E-state index in [1.807, 2.05) is 6.07 Å². The number of β-amino-alcohol motifs (C(OH)–C–C–N with tert-alkyl or cyclic N) is 1. The molecule has 9 heteroatoms. The zero-order valence-corrected chi connectivity index (χ0v) is 18.9. The van der Waals surface area contributed by atoms with Crippen LogP contribution < -0.4 is 0 Å². The molecule has 3 rings (SSSR count). The van der Waals surface area contributed by atoms with Gasteiger partial charge in [0.2, 0.25) is 10.0 Å². The Balaban J connectivity index is 1.48. The van der Waals surface area contributed by atoms with E-state index in [4.69, 9.17) is 4.74 Å². The summed E-state index contributed by atoms with van der Waals surface area (Å²) in [6.07, 6.45) is -0.0869. The van der Waals surface area contributed by atoms with Gasteiger partial charge in [-0.25, -0.2) is 8.42 Å². The van der Waals surface area contributed by atoms with Gasteiger partial charge in [0.05, 0.1) is 23.2 Å². The molecule has 2 aliphatic rings. The summed E-state index contributed by atoms with van der Waals surface area (Å²) in [6, 6.07) is 6.81. The Kier molecular flexibility index (Phi) is 7.52. The molecular formula is C19H30BrN3O4S. The molecule has 1 N–H and O–H groups in total. The van der Waals surface area contributed by atoms with Crippen molar-refractivity contribution in [1.82, 2.24) is 14.1 Å². The Morgan fingerprint density at radius 2 is 1.71 bits per heavy atom. The SMILES string of the molecule is CC1CN(CC(O)CN2CCN(S(=O)(=O)c3cccc(Br)c3)CC2)CC(C)O1. The zero-order valence-electron chi connectivity index (χ0n) is 16.5. The van der Waals surface area contributed by atoms with Crippen molar-refractivity contribution < 1.29 is 18.3 Å². The topological polar surface area (TPSA) is 73.3 Å². The second-order valence-electron chi connectivity index (χ2n) is 7.79. The smallest absolute Gasteiger partial charge is 0.243 e. The molecule has 0 aliphatic carbocycles. The fourth-order valence-corrected chi connectivity index (χ4v) is 6.04. The molecule has 2 saturated heterocycles. The van der Waals surface area contributed by atoms with Gasteiger partial charge in [0.15, 0.2) is 0 Å². The molecule has 0 saturated carbocycles. The quantitative estimate of drug-likeness (QED) is 0.666. The van der Waals surface area contributed by atoms with Crippen molar-refractivity contribution in [2.45, 2.75) is 37.1 Å². The van der Waals surface area contributed by atoms with Crippen molar-refractivity contribution in [3.63, 3.8) is 0 Å². The number of benzene rings is 1. The second kappa shape index (κ2) is 9.51. The predicted octanol–water partition coefficient (Wildman–Crippen LogP) is 1.23. The van der Waals surface area contributed by atoms with Gasteiger partial charge in [-0.05, 0) is 32.0 Å². The highest BCUT2D eigenvalue weighted by Crippen LogP contribution is 2.21. The third-order valence-corrected chi connectivity index (χ3v) is 7.59. The van der Waals surface area contributed by atoms with Gasteiger partial charge in [-0.1, -0.05) is 22.0 Å². The van der Waals surface area contributed by atoms with E-state index in [2.05, 4.69) is 39.6 Å². The van der Waals surface area contributed by atoms with Crippen LogP contribution in [0.25, 0.3) is 0 Å². The van der Waals surface area contributed by atoms with E-state index >= 15 is 0 Å². The van der Waals surface area contributed by atoms with Crippen LogP contribution in [0.2, 0.25) is 0 Å². The van der Waals surface area contributed by atoms with Crippen LogP contribution >= 0.6 is 15.9 Å². The number of ether oxygens (including phenoxy) is 1. The minimum atomic E-state index is -3.48. The van der Waals surface area contributed by atoms with Crippen molar-refractivity contribution in [2.24, 2.45) is 0 Å². The Morgan fingerprint density at radius 1 is 1.11 bits per heavy atom. The molecule has 2 fully saturated rings. The molecule has 3 unspecified atom stereocenters. The number of morpholine rings is 1. The summed E-state index contributed by atoms with van der Waals surface area (Å²) in [6.45, 7) is 9.08. The number of rotatable bonds is 6. The molecule has 2 heterocycles. The highest BCUT2D eigenvalue weighted by Gasteiger charge is 2.30. The van der Waals surface area contributed by atoms with E-state index in [-0.39, 0.29) is 12.2 Å². The Labute approximate surface area is 176 Å². The maximum atomic E-state index is 12.8.